The molecule has 134 valence electrons. The Morgan fingerprint density at radius 2 is 1.48 bits per heavy atom. The number of carbonyl (C=O) groups excluding carboxylic acids is 3. The molecule has 0 saturated heterocycles. The van der Waals surface area contributed by atoms with Crippen molar-refractivity contribution in [2.24, 2.45) is 0 Å². The standard InChI is InChI=1S/C21H16N2O4/c24-19(27-23-20(25)16-8-4-5-9-17(16)21(23)26)13-11-15-10-12-18(22-15)14-6-2-1-3-7-14/h1-10,12,22H,11,13H2. The Labute approximate surface area is 155 Å². The van der Waals surface area contributed by atoms with Gasteiger partial charge in [-0.3, -0.25) is 9.59 Å². The van der Waals surface area contributed by atoms with Gasteiger partial charge in [-0.1, -0.05) is 47.5 Å². The van der Waals surface area contributed by atoms with Crippen LogP contribution in [0.25, 0.3) is 11.3 Å². The zero-order valence-electron chi connectivity index (χ0n) is 14.3. The number of imide groups is 1. The van der Waals surface area contributed by atoms with Gasteiger partial charge in [-0.05, 0) is 36.2 Å². The summed E-state index contributed by atoms with van der Waals surface area (Å²) < 4.78 is 0. The number of nitrogens with one attached hydrogen (secondary N) is 1. The first-order valence-corrected chi connectivity index (χ1v) is 8.55. The van der Waals surface area contributed by atoms with E-state index in [2.05, 4.69) is 4.98 Å². The van der Waals surface area contributed by atoms with Gasteiger partial charge in [0, 0.05) is 11.4 Å². The second-order valence-electron chi connectivity index (χ2n) is 6.18. The van der Waals surface area contributed by atoms with E-state index in [1.54, 1.807) is 12.1 Å². The van der Waals surface area contributed by atoms with Crippen molar-refractivity contribution >= 4 is 17.8 Å². The number of hydrogen-bond donors (Lipinski definition) is 1. The third-order valence-corrected chi connectivity index (χ3v) is 4.38. The molecule has 1 N–H and O–H groups in total. The van der Waals surface area contributed by atoms with Crippen molar-refractivity contribution in [3.05, 3.63) is 83.6 Å². The van der Waals surface area contributed by atoms with Crippen LogP contribution >= 0.6 is 0 Å². The number of rotatable bonds is 5. The lowest BCUT2D eigenvalue weighted by Crippen LogP contribution is -2.32. The molecule has 2 aromatic carbocycles. The summed E-state index contributed by atoms with van der Waals surface area (Å²) in [7, 11) is 0. The molecule has 2 amide bonds. The normalized spacial score (nSPS) is 13.0. The number of hydrogen-bond acceptors (Lipinski definition) is 4. The van der Waals surface area contributed by atoms with Crippen molar-refractivity contribution in [2.45, 2.75) is 12.8 Å². The largest absolute Gasteiger partial charge is 0.358 e. The Morgan fingerprint density at radius 3 is 2.15 bits per heavy atom. The molecule has 27 heavy (non-hydrogen) atoms. The molecular weight excluding hydrogens is 344 g/mol. The summed E-state index contributed by atoms with van der Waals surface area (Å²) in [6, 6.07) is 20.1. The van der Waals surface area contributed by atoms with E-state index >= 15 is 0 Å². The van der Waals surface area contributed by atoms with E-state index in [0.29, 0.717) is 11.5 Å². The van der Waals surface area contributed by atoms with Gasteiger partial charge in [0.2, 0.25) is 0 Å². The van der Waals surface area contributed by atoms with Gasteiger partial charge < -0.3 is 9.82 Å². The van der Waals surface area contributed by atoms with Crippen LogP contribution in [0, 0.1) is 0 Å². The predicted octanol–water partition coefficient (Wildman–Crippen LogP) is 3.37. The van der Waals surface area contributed by atoms with Crippen LogP contribution in [0.2, 0.25) is 0 Å². The molecule has 6 nitrogen and oxygen atoms in total. The summed E-state index contributed by atoms with van der Waals surface area (Å²) in [6.45, 7) is 0. The first-order valence-electron chi connectivity index (χ1n) is 8.55. The highest BCUT2D eigenvalue weighted by Crippen LogP contribution is 2.23. The Morgan fingerprint density at radius 1 is 0.852 bits per heavy atom. The number of aromatic amines is 1. The van der Waals surface area contributed by atoms with E-state index in [1.807, 2.05) is 42.5 Å². The summed E-state index contributed by atoms with van der Waals surface area (Å²) in [5, 5.41) is 0.539. The van der Waals surface area contributed by atoms with E-state index in [1.165, 1.54) is 12.1 Å². The fourth-order valence-corrected chi connectivity index (χ4v) is 3.01. The van der Waals surface area contributed by atoms with Crippen LogP contribution in [0.4, 0.5) is 0 Å². The van der Waals surface area contributed by atoms with Crippen LogP contribution in [-0.4, -0.2) is 27.8 Å². The highest BCUT2D eigenvalue weighted by Gasteiger charge is 2.38. The van der Waals surface area contributed by atoms with E-state index in [-0.39, 0.29) is 17.5 Å². The summed E-state index contributed by atoms with van der Waals surface area (Å²) >= 11 is 0. The number of carbonyl (C=O) groups is 3. The summed E-state index contributed by atoms with van der Waals surface area (Å²) in [5.74, 6) is -1.87. The molecule has 1 aliphatic heterocycles. The van der Waals surface area contributed by atoms with Crippen molar-refractivity contribution in [2.75, 3.05) is 0 Å². The van der Waals surface area contributed by atoms with Gasteiger partial charge in [0.1, 0.15) is 0 Å². The zero-order valence-corrected chi connectivity index (χ0v) is 14.3. The number of aryl methyl sites for hydroxylation is 1. The number of amides is 2. The molecule has 0 unspecified atom stereocenters. The van der Waals surface area contributed by atoms with Gasteiger partial charge >= 0.3 is 5.97 Å². The van der Waals surface area contributed by atoms with E-state index in [4.69, 9.17) is 4.84 Å². The molecule has 0 fully saturated rings. The van der Waals surface area contributed by atoms with Gasteiger partial charge in [0.05, 0.1) is 17.5 Å². The highest BCUT2D eigenvalue weighted by molar-refractivity contribution is 6.20. The zero-order chi connectivity index (χ0) is 18.8. The average Bonchev–Trinajstić information content (AvgIpc) is 3.27. The maximum atomic E-state index is 12.2. The van der Waals surface area contributed by atoms with Gasteiger partial charge in [-0.15, -0.1) is 0 Å². The van der Waals surface area contributed by atoms with Crippen molar-refractivity contribution in [3.8, 4) is 11.3 Å². The maximum absolute atomic E-state index is 12.2. The van der Waals surface area contributed by atoms with Gasteiger partial charge in [-0.2, -0.15) is 0 Å². The maximum Gasteiger partial charge on any atom is 0.333 e. The molecule has 0 radical (unpaired) electrons. The second-order valence-corrected chi connectivity index (χ2v) is 6.18. The molecule has 0 spiro atoms. The topological polar surface area (TPSA) is 79.5 Å². The molecule has 3 aromatic rings. The van der Waals surface area contributed by atoms with E-state index in [9.17, 15) is 14.4 Å². The molecule has 0 atom stereocenters. The quantitative estimate of drug-likeness (QED) is 0.708. The fraction of sp³-hybridized carbons (Fsp3) is 0.0952. The molecular formula is C21H16N2O4. The molecule has 4 rings (SSSR count). The number of fused-ring (bicyclic) bond motifs is 1. The Kier molecular flexibility index (Phi) is 4.30. The summed E-state index contributed by atoms with van der Waals surface area (Å²) in [5.41, 5.74) is 3.36. The highest BCUT2D eigenvalue weighted by atomic mass is 16.7. The number of hydroxylamine groups is 2. The minimum atomic E-state index is -0.639. The third kappa shape index (κ3) is 3.25. The van der Waals surface area contributed by atoms with Crippen molar-refractivity contribution in [3.63, 3.8) is 0 Å². The predicted molar refractivity (Wildman–Crippen MR) is 97.6 cm³/mol. The van der Waals surface area contributed by atoms with Crippen LogP contribution < -0.4 is 0 Å². The third-order valence-electron chi connectivity index (χ3n) is 4.38. The van der Waals surface area contributed by atoms with Gasteiger partial charge in [0.25, 0.3) is 11.8 Å². The van der Waals surface area contributed by atoms with Crippen molar-refractivity contribution < 1.29 is 19.2 Å². The number of H-pyrrole nitrogens is 1. The average molecular weight is 360 g/mol. The number of aromatic nitrogens is 1. The number of nitrogens with zero attached hydrogens (tertiary/aromatic N) is 1. The Balaban J connectivity index is 1.37. The summed E-state index contributed by atoms with van der Waals surface area (Å²) in [6.07, 6.45) is 0.455. The second kappa shape index (κ2) is 6.92. The lowest BCUT2D eigenvalue weighted by Gasteiger charge is -2.12. The van der Waals surface area contributed by atoms with E-state index < -0.39 is 17.8 Å². The van der Waals surface area contributed by atoms with Gasteiger partial charge in [0.15, 0.2) is 0 Å². The molecule has 2 heterocycles. The SMILES string of the molecule is O=C(CCc1ccc(-c2ccccc2)[nH]1)ON1C(=O)c2ccccc2C1=O. The van der Waals surface area contributed by atoms with Crippen LogP contribution in [0.15, 0.2) is 66.7 Å². The monoisotopic (exact) mass is 360 g/mol. The lowest BCUT2D eigenvalue weighted by molar-refractivity contribution is -0.168. The molecule has 0 bridgehead atoms. The van der Waals surface area contributed by atoms with Crippen molar-refractivity contribution in [1.82, 2.24) is 10.0 Å². The van der Waals surface area contributed by atoms with Crippen molar-refractivity contribution in [1.29, 1.82) is 0 Å². The first kappa shape index (κ1) is 16.8. The van der Waals surface area contributed by atoms with Crippen LogP contribution in [0.1, 0.15) is 32.8 Å². The molecule has 0 saturated carbocycles. The van der Waals surface area contributed by atoms with Crippen LogP contribution in [0.5, 0.6) is 0 Å². The Bertz CT molecular complexity index is 988. The molecule has 1 aromatic heterocycles. The molecule has 0 aliphatic carbocycles. The molecule has 6 heteroatoms. The first-order chi connectivity index (χ1) is 13.1. The smallest absolute Gasteiger partial charge is 0.333 e. The fourth-order valence-electron chi connectivity index (χ4n) is 3.01. The summed E-state index contributed by atoms with van der Waals surface area (Å²) in [4.78, 5) is 44.8. The Hall–Kier alpha value is -3.67. The lowest BCUT2D eigenvalue weighted by atomic mass is 10.1. The van der Waals surface area contributed by atoms with Gasteiger partial charge in [-0.25, -0.2) is 4.79 Å². The van der Waals surface area contributed by atoms with Crippen LogP contribution in [0.3, 0.4) is 0 Å². The van der Waals surface area contributed by atoms with E-state index in [0.717, 1.165) is 17.0 Å². The minimum Gasteiger partial charge on any atom is -0.358 e. The number of benzene rings is 2. The van der Waals surface area contributed by atoms with Crippen LogP contribution in [-0.2, 0) is 16.1 Å². The molecule has 1 aliphatic rings. The minimum absolute atomic E-state index is 0.0438.